The van der Waals surface area contributed by atoms with E-state index in [4.69, 9.17) is 4.74 Å². The zero-order valence-corrected chi connectivity index (χ0v) is 14.1. The largest absolute Gasteiger partial charge is 0.378 e. The molecule has 1 saturated carbocycles. The van der Waals surface area contributed by atoms with Crippen LogP contribution in [0, 0.1) is 5.92 Å². The number of rotatable bonds is 5. The molecule has 3 heteroatoms. The summed E-state index contributed by atoms with van der Waals surface area (Å²) in [6.07, 6.45) is 11.3. The van der Waals surface area contributed by atoms with E-state index in [1.165, 1.54) is 71.0 Å². The van der Waals surface area contributed by atoms with E-state index in [0.29, 0.717) is 17.7 Å². The highest BCUT2D eigenvalue weighted by molar-refractivity contribution is 5.02. The van der Waals surface area contributed by atoms with Gasteiger partial charge in [0, 0.05) is 37.8 Å². The van der Waals surface area contributed by atoms with Gasteiger partial charge < -0.3 is 10.1 Å². The van der Waals surface area contributed by atoms with Crippen LogP contribution in [-0.2, 0) is 4.74 Å². The summed E-state index contributed by atoms with van der Waals surface area (Å²) in [5, 5.41) is 3.87. The summed E-state index contributed by atoms with van der Waals surface area (Å²) in [5.74, 6) is 0.792. The molecule has 3 rings (SSSR count). The Kier molecular flexibility index (Phi) is 5.23. The topological polar surface area (TPSA) is 24.5 Å². The molecular formula is C18H34N2O. The minimum atomic E-state index is 0.478. The number of hydrogen-bond donors (Lipinski definition) is 1. The molecule has 21 heavy (non-hydrogen) atoms. The molecule has 1 spiro atoms. The highest BCUT2D eigenvalue weighted by Crippen LogP contribution is 2.37. The Morgan fingerprint density at radius 1 is 1.24 bits per heavy atom. The fourth-order valence-electron chi connectivity index (χ4n) is 4.72. The molecule has 0 bridgehead atoms. The first kappa shape index (κ1) is 15.8. The molecule has 0 aromatic heterocycles. The van der Waals surface area contributed by atoms with Gasteiger partial charge in [0.25, 0.3) is 0 Å². The van der Waals surface area contributed by atoms with Gasteiger partial charge in [-0.05, 0) is 44.4 Å². The van der Waals surface area contributed by atoms with Crippen LogP contribution in [0.25, 0.3) is 0 Å². The van der Waals surface area contributed by atoms with E-state index in [0.717, 1.165) is 12.5 Å². The second kappa shape index (κ2) is 6.97. The van der Waals surface area contributed by atoms with E-state index in [1.54, 1.807) is 0 Å². The van der Waals surface area contributed by atoms with Crippen LogP contribution >= 0.6 is 0 Å². The van der Waals surface area contributed by atoms with Crippen LogP contribution in [-0.4, -0.2) is 48.8 Å². The van der Waals surface area contributed by atoms with Crippen LogP contribution in [0.1, 0.15) is 65.2 Å². The smallest absolute Gasteiger partial charge is 0.0588 e. The lowest BCUT2D eigenvalue weighted by Crippen LogP contribution is -2.64. The molecule has 2 unspecified atom stereocenters. The summed E-state index contributed by atoms with van der Waals surface area (Å²) in [6.45, 7) is 9.41. The molecule has 0 aromatic carbocycles. The van der Waals surface area contributed by atoms with Crippen molar-refractivity contribution in [2.24, 2.45) is 5.92 Å². The highest BCUT2D eigenvalue weighted by Gasteiger charge is 2.43. The summed E-state index contributed by atoms with van der Waals surface area (Å²) in [7, 11) is 0. The molecule has 122 valence electrons. The van der Waals surface area contributed by atoms with Crippen molar-refractivity contribution in [3.63, 3.8) is 0 Å². The molecule has 1 N–H and O–H groups in total. The lowest BCUT2D eigenvalue weighted by Gasteiger charge is -2.49. The van der Waals surface area contributed by atoms with E-state index in [1.807, 2.05) is 0 Å². The van der Waals surface area contributed by atoms with Gasteiger partial charge in [0.2, 0.25) is 0 Å². The van der Waals surface area contributed by atoms with Crippen molar-refractivity contribution in [2.75, 3.05) is 26.2 Å². The molecular weight excluding hydrogens is 260 g/mol. The molecule has 0 aromatic rings. The molecule has 2 heterocycles. The highest BCUT2D eigenvalue weighted by atomic mass is 16.5. The molecule has 0 amide bonds. The Bertz CT molecular complexity index is 319. The second-order valence-corrected chi connectivity index (χ2v) is 8.01. The third kappa shape index (κ3) is 3.80. The van der Waals surface area contributed by atoms with Crippen molar-refractivity contribution < 1.29 is 4.74 Å². The summed E-state index contributed by atoms with van der Waals surface area (Å²) in [6, 6.07) is 0.695. The van der Waals surface area contributed by atoms with E-state index < -0.39 is 0 Å². The number of ether oxygens (including phenoxy) is 1. The fraction of sp³-hybridized carbons (Fsp3) is 1.00. The van der Waals surface area contributed by atoms with Gasteiger partial charge in [-0.15, -0.1) is 0 Å². The lowest BCUT2D eigenvalue weighted by molar-refractivity contribution is 0.0197. The third-order valence-electron chi connectivity index (χ3n) is 5.87. The Morgan fingerprint density at radius 2 is 2.05 bits per heavy atom. The fourth-order valence-corrected chi connectivity index (χ4v) is 4.72. The Balaban J connectivity index is 1.58. The van der Waals surface area contributed by atoms with Crippen molar-refractivity contribution in [1.82, 2.24) is 10.2 Å². The molecule has 2 aliphatic heterocycles. The van der Waals surface area contributed by atoms with Gasteiger partial charge in [-0.1, -0.05) is 26.7 Å². The molecule has 3 nitrogen and oxygen atoms in total. The molecule has 3 aliphatic rings. The summed E-state index contributed by atoms with van der Waals surface area (Å²) >= 11 is 0. The van der Waals surface area contributed by atoms with Gasteiger partial charge in [0.1, 0.15) is 0 Å². The Hall–Kier alpha value is -0.120. The average molecular weight is 294 g/mol. The van der Waals surface area contributed by atoms with Gasteiger partial charge in [-0.25, -0.2) is 0 Å². The van der Waals surface area contributed by atoms with Gasteiger partial charge in [-0.3, -0.25) is 4.90 Å². The van der Waals surface area contributed by atoms with Crippen LogP contribution < -0.4 is 5.32 Å². The second-order valence-electron chi connectivity index (χ2n) is 8.01. The van der Waals surface area contributed by atoms with Gasteiger partial charge in [0.15, 0.2) is 0 Å². The average Bonchev–Trinajstić information content (AvgIpc) is 3.11. The lowest BCUT2D eigenvalue weighted by atomic mass is 9.88. The first-order valence-corrected chi connectivity index (χ1v) is 9.28. The van der Waals surface area contributed by atoms with E-state index in [9.17, 15) is 0 Å². The predicted molar refractivity (Wildman–Crippen MR) is 87.6 cm³/mol. The van der Waals surface area contributed by atoms with Crippen LogP contribution in [0.15, 0.2) is 0 Å². The summed E-state index contributed by atoms with van der Waals surface area (Å²) in [5.41, 5.74) is 0.478. The minimum Gasteiger partial charge on any atom is -0.378 e. The van der Waals surface area contributed by atoms with E-state index in [2.05, 4.69) is 24.1 Å². The van der Waals surface area contributed by atoms with Crippen LogP contribution in [0.4, 0.5) is 0 Å². The maximum absolute atomic E-state index is 5.84. The molecule has 2 saturated heterocycles. The van der Waals surface area contributed by atoms with Crippen molar-refractivity contribution in [3.05, 3.63) is 0 Å². The summed E-state index contributed by atoms with van der Waals surface area (Å²) < 4.78 is 5.84. The van der Waals surface area contributed by atoms with Crippen LogP contribution in [0.2, 0.25) is 0 Å². The molecule has 2 atom stereocenters. The number of piperazine rings is 1. The quantitative estimate of drug-likeness (QED) is 0.843. The first-order valence-electron chi connectivity index (χ1n) is 9.28. The number of nitrogens with zero attached hydrogens (tertiary/aromatic N) is 1. The number of nitrogens with one attached hydrogen (secondary N) is 1. The van der Waals surface area contributed by atoms with E-state index in [-0.39, 0.29) is 0 Å². The molecule has 0 radical (unpaired) electrons. The third-order valence-corrected chi connectivity index (χ3v) is 5.87. The zero-order chi connectivity index (χ0) is 14.7. The van der Waals surface area contributed by atoms with Crippen LogP contribution in [0.5, 0.6) is 0 Å². The monoisotopic (exact) mass is 294 g/mol. The van der Waals surface area contributed by atoms with Crippen LogP contribution in [0.3, 0.4) is 0 Å². The minimum absolute atomic E-state index is 0.478. The van der Waals surface area contributed by atoms with Gasteiger partial charge >= 0.3 is 0 Å². The zero-order valence-electron chi connectivity index (χ0n) is 14.1. The molecule has 1 aliphatic carbocycles. The standard InChI is InChI=1S/C18H34N2O/c1-15(2)12-16-13-20(10-7-17-6-5-11-21-17)18(14-19-16)8-3-4-9-18/h15-17,19H,3-14H2,1-2H3. The maximum atomic E-state index is 5.84. The van der Waals surface area contributed by atoms with Crippen molar-refractivity contribution in [3.8, 4) is 0 Å². The normalized spacial score (nSPS) is 33.3. The van der Waals surface area contributed by atoms with Crippen molar-refractivity contribution in [1.29, 1.82) is 0 Å². The first-order chi connectivity index (χ1) is 10.2. The number of hydrogen-bond acceptors (Lipinski definition) is 3. The predicted octanol–water partition coefficient (Wildman–Crippen LogP) is 3.19. The van der Waals surface area contributed by atoms with E-state index >= 15 is 0 Å². The van der Waals surface area contributed by atoms with Crippen molar-refractivity contribution in [2.45, 2.75) is 82.9 Å². The van der Waals surface area contributed by atoms with Gasteiger partial charge in [0.05, 0.1) is 6.10 Å². The molecule has 3 fully saturated rings. The SMILES string of the molecule is CC(C)CC1CN(CCC2CCCO2)C2(CCCC2)CN1. The Morgan fingerprint density at radius 3 is 2.71 bits per heavy atom. The van der Waals surface area contributed by atoms with Crippen molar-refractivity contribution >= 4 is 0 Å². The maximum Gasteiger partial charge on any atom is 0.0588 e. The Labute approximate surface area is 130 Å². The summed E-state index contributed by atoms with van der Waals surface area (Å²) in [4.78, 5) is 2.85. The van der Waals surface area contributed by atoms with Gasteiger partial charge in [-0.2, -0.15) is 0 Å².